The van der Waals surface area contributed by atoms with Gasteiger partial charge in [-0.2, -0.15) is 0 Å². The lowest BCUT2D eigenvalue weighted by Gasteiger charge is -2.29. The van der Waals surface area contributed by atoms with Gasteiger partial charge < -0.3 is 24.7 Å². The van der Waals surface area contributed by atoms with Gasteiger partial charge in [-0.1, -0.05) is 6.07 Å². The molecular weight excluding hydrogens is 370 g/mol. The predicted octanol–water partition coefficient (Wildman–Crippen LogP) is 3.35. The first-order valence-electron chi connectivity index (χ1n) is 9.49. The lowest BCUT2D eigenvalue weighted by Crippen LogP contribution is -2.37. The minimum Gasteiger partial charge on any atom is -0.497 e. The fourth-order valence-electron chi connectivity index (χ4n) is 3.67. The Labute approximate surface area is 168 Å². The number of methoxy groups -OCH3 is 2. The van der Waals surface area contributed by atoms with Crippen LogP contribution in [0.25, 0.3) is 10.9 Å². The summed E-state index contributed by atoms with van der Waals surface area (Å²) in [6.45, 7) is 0.686. The van der Waals surface area contributed by atoms with Crippen molar-refractivity contribution in [3.63, 3.8) is 0 Å². The number of ether oxygens (including phenoxy) is 2. The smallest absolute Gasteiger partial charge is 0.272 e. The molecule has 3 aromatic rings. The van der Waals surface area contributed by atoms with Crippen molar-refractivity contribution < 1.29 is 19.1 Å². The van der Waals surface area contributed by atoms with E-state index in [1.165, 1.54) is 7.11 Å². The first kappa shape index (κ1) is 19.0. The molecule has 0 bridgehead atoms. The number of fused-ring (bicyclic) bond motifs is 2. The second kappa shape index (κ2) is 7.97. The van der Waals surface area contributed by atoms with Gasteiger partial charge in [-0.3, -0.25) is 9.59 Å². The van der Waals surface area contributed by atoms with E-state index in [1.54, 1.807) is 18.1 Å². The van der Waals surface area contributed by atoms with E-state index < -0.39 is 0 Å². The van der Waals surface area contributed by atoms with Crippen molar-refractivity contribution in [3.05, 3.63) is 53.7 Å². The highest BCUT2D eigenvalue weighted by Gasteiger charge is 2.23. The van der Waals surface area contributed by atoms with Crippen molar-refractivity contribution >= 4 is 34.1 Å². The third kappa shape index (κ3) is 3.82. The van der Waals surface area contributed by atoms with Crippen LogP contribution in [0.4, 0.5) is 11.4 Å². The number of nitrogens with one attached hydrogen (secondary N) is 2. The van der Waals surface area contributed by atoms with Gasteiger partial charge in [0.15, 0.2) is 0 Å². The van der Waals surface area contributed by atoms with Gasteiger partial charge in [-0.05, 0) is 48.7 Å². The molecule has 29 heavy (non-hydrogen) atoms. The molecule has 0 fully saturated rings. The second-order valence-electron chi connectivity index (χ2n) is 7.02. The molecule has 7 heteroatoms. The predicted molar refractivity (Wildman–Crippen MR) is 112 cm³/mol. The minimum atomic E-state index is -0.245. The van der Waals surface area contributed by atoms with Crippen LogP contribution in [0, 0.1) is 0 Å². The number of nitrogens with zero attached hydrogens (tertiary/aromatic N) is 1. The fourth-order valence-corrected chi connectivity index (χ4v) is 3.67. The molecule has 0 radical (unpaired) electrons. The summed E-state index contributed by atoms with van der Waals surface area (Å²) in [6.07, 6.45) is 1.82. The topological polar surface area (TPSA) is 83.7 Å². The first-order valence-corrected chi connectivity index (χ1v) is 9.49. The highest BCUT2D eigenvalue weighted by molar-refractivity contribution is 6.06. The molecule has 2 heterocycles. The van der Waals surface area contributed by atoms with E-state index >= 15 is 0 Å². The van der Waals surface area contributed by atoms with Crippen molar-refractivity contribution in [2.24, 2.45) is 0 Å². The number of aromatic amines is 1. The molecule has 150 valence electrons. The summed E-state index contributed by atoms with van der Waals surface area (Å²) in [5, 5.41) is 3.85. The molecule has 1 aromatic heterocycles. The summed E-state index contributed by atoms with van der Waals surface area (Å²) < 4.78 is 10.2. The molecular formula is C22H23N3O4. The van der Waals surface area contributed by atoms with Gasteiger partial charge in [0.2, 0.25) is 0 Å². The van der Waals surface area contributed by atoms with E-state index in [4.69, 9.17) is 9.47 Å². The molecule has 4 rings (SSSR count). The first-order chi connectivity index (χ1) is 14.1. The zero-order valence-corrected chi connectivity index (χ0v) is 16.5. The van der Waals surface area contributed by atoms with E-state index in [2.05, 4.69) is 10.3 Å². The van der Waals surface area contributed by atoms with E-state index in [0.29, 0.717) is 17.9 Å². The maximum Gasteiger partial charge on any atom is 0.272 e. The Bertz CT molecular complexity index is 1070. The van der Waals surface area contributed by atoms with Crippen LogP contribution in [0.15, 0.2) is 42.5 Å². The SMILES string of the molecule is COCC(=O)N1CCCc2ccc(NC(=O)c3cc4ccc(OC)cc4[nH]3)cc21. The lowest BCUT2D eigenvalue weighted by atomic mass is 10.0. The third-order valence-corrected chi connectivity index (χ3v) is 5.10. The van der Waals surface area contributed by atoms with Crippen LogP contribution in [0.1, 0.15) is 22.5 Å². The van der Waals surface area contributed by atoms with Gasteiger partial charge in [-0.25, -0.2) is 0 Å². The van der Waals surface area contributed by atoms with Gasteiger partial charge in [-0.15, -0.1) is 0 Å². The molecule has 0 atom stereocenters. The van der Waals surface area contributed by atoms with Gasteiger partial charge >= 0.3 is 0 Å². The number of carbonyl (C=O) groups is 2. The molecule has 0 aliphatic carbocycles. The quantitative estimate of drug-likeness (QED) is 0.696. The van der Waals surface area contributed by atoms with Crippen LogP contribution in [-0.2, 0) is 16.0 Å². The van der Waals surface area contributed by atoms with Crippen molar-refractivity contribution in [3.8, 4) is 5.75 Å². The summed E-state index contributed by atoms with van der Waals surface area (Å²) in [6, 6.07) is 13.1. The van der Waals surface area contributed by atoms with E-state index in [0.717, 1.165) is 40.7 Å². The molecule has 0 unspecified atom stereocenters. The van der Waals surface area contributed by atoms with Gasteiger partial charge in [0.05, 0.1) is 7.11 Å². The van der Waals surface area contributed by atoms with E-state index in [-0.39, 0.29) is 18.4 Å². The number of hydrogen-bond acceptors (Lipinski definition) is 4. The van der Waals surface area contributed by atoms with Gasteiger partial charge in [0.25, 0.3) is 11.8 Å². The normalized spacial score (nSPS) is 13.2. The van der Waals surface area contributed by atoms with Gasteiger partial charge in [0, 0.05) is 42.0 Å². The Kier molecular flexibility index (Phi) is 5.22. The monoisotopic (exact) mass is 393 g/mol. The molecule has 2 amide bonds. The Morgan fingerprint density at radius 3 is 2.79 bits per heavy atom. The lowest BCUT2D eigenvalue weighted by molar-refractivity contribution is -0.122. The van der Waals surface area contributed by atoms with Crippen LogP contribution >= 0.6 is 0 Å². The molecule has 0 saturated carbocycles. The number of aryl methyl sites for hydroxylation is 1. The van der Waals surface area contributed by atoms with E-state index in [9.17, 15) is 9.59 Å². The number of H-pyrrole nitrogens is 1. The Morgan fingerprint density at radius 1 is 1.14 bits per heavy atom. The fraction of sp³-hybridized carbons (Fsp3) is 0.273. The number of benzene rings is 2. The number of amides is 2. The molecule has 2 N–H and O–H groups in total. The Balaban J connectivity index is 1.57. The van der Waals surface area contributed by atoms with Crippen molar-refractivity contribution in [2.45, 2.75) is 12.8 Å². The Hall–Kier alpha value is -3.32. The van der Waals surface area contributed by atoms with Crippen LogP contribution < -0.4 is 15.0 Å². The average Bonchev–Trinajstić information content (AvgIpc) is 3.17. The number of aromatic nitrogens is 1. The number of carbonyl (C=O) groups excluding carboxylic acids is 2. The van der Waals surface area contributed by atoms with Crippen LogP contribution in [0.5, 0.6) is 5.75 Å². The van der Waals surface area contributed by atoms with Crippen LogP contribution in [-0.4, -0.2) is 44.2 Å². The van der Waals surface area contributed by atoms with Crippen molar-refractivity contribution in [2.75, 3.05) is 37.6 Å². The Morgan fingerprint density at radius 2 is 2.00 bits per heavy atom. The maximum atomic E-state index is 12.8. The van der Waals surface area contributed by atoms with Crippen LogP contribution in [0.2, 0.25) is 0 Å². The molecule has 0 saturated heterocycles. The molecule has 1 aliphatic heterocycles. The van der Waals surface area contributed by atoms with Gasteiger partial charge in [0.1, 0.15) is 18.1 Å². The maximum absolute atomic E-state index is 12.8. The van der Waals surface area contributed by atoms with Crippen molar-refractivity contribution in [1.29, 1.82) is 0 Å². The molecule has 2 aromatic carbocycles. The zero-order chi connectivity index (χ0) is 20.4. The highest BCUT2D eigenvalue weighted by Crippen LogP contribution is 2.30. The number of hydrogen-bond donors (Lipinski definition) is 2. The molecule has 1 aliphatic rings. The molecule has 0 spiro atoms. The third-order valence-electron chi connectivity index (χ3n) is 5.10. The zero-order valence-electron chi connectivity index (χ0n) is 16.5. The minimum absolute atomic E-state index is 0.0363. The summed E-state index contributed by atoms with van der Waals surface area (Å²) in [7, 11) is 3.11. The highest BCUT2D eigenvalue weighted by atomic mass is 16.5. The second-order valence-corrected chi connectivity index (χ2v) is 7.02. The van der Waals surface area contributed by atoms with E-state index in [1.807, 2.05) is 36.4 Å². The molecule has 7 nitrogen and oxygen atoms in total. The van der Waals surface area contributed by atoms with Crippen molar-refractivity contribution in [1.82, 2.24) is 4.98 Å². The standard InChI is InChI=1S/C22H23N3O4/c1-28-13-21(26)25-9-3-4-14-5-7-16(11-20(14)25)23-22(27)19-10-15-6-8-17(29-2)12-18(15)24-19/h5-8,10-12,24H,3-4,9,13H2,1-2H3,(H,23,27). The number of anilines is 2. The summed E-state index contributed by atoms with van der Waals surface area (Å²) >= 11 is 0. The summed E-state index contributed by atoms with van der Waals surface area (Å²) in [4.78, 5) is 30.0. The van der Waals surface area contributed by atoms with Crippen LogP contribution in [0.3, 0.4) is 0 Å². The average molecular weight is 393 g/mol. The number of rotatable bonds is 5. The largest absolute Gasteiger partial charge is 0.497 e. The summed E-state index contributed by atoms with van der Waals surface area (Å²) in [5.74, 6) is 0.397. The summed E-state index contributed by atoms with van der Waals surface area (Å²) in [5.41, 5.74) is 3.85.